The first-order valence-electron chi connectivity index (χ1n) is 19.7. The Balaban J connectivity index is 1.56. The van der Waals surface area contributed by atoms with Gasteiger partial charge in [-0.2, -0.15) is 0 Å². The quantitative estimate of drug-likeness (QED) is 0.0521. The van der Waals surface area contributed by atoms with Gasteiger partial charge < -0.3 is 42.1 Å². The van der Waals surface area contributed by atoms with E-state index in [0.717, 1.165) is 5.56 Å². The number of allylic oxidation sites excluding steroid dienone is 1. The van der Waals surface area contributed by atoms with E-state index in [0.29, 0.717) is 17.6 Å². The number of aliphatic hydroxyl groups is 5. The number of carbonyl (C=O) groups excluding carboxylic acids is 2. The summed E-state index contributed by atoms with van der Waals surface area (Å²) in [5.41, 5.74) is 5.35. The molecule has 10 N–H and O–H groups in total. The smallest absolute Gasteiger partial charge is 0.335 e. The Bertz CT molecular complexity index is 1960. The highest BCUT2D eigenvalue weighted by molar-refractivity contribution is 6.02. The fraction of sp³-hybridized carbons (Fsp3) is 0.591. The Labute approximate surface area is 328 Å². The fourth-order valence-electron chi connectivity index (χ4n) is 12.4. The van der Waals surface area contributed by atoms with Crippen LogP contribution in [0.2, 0.25) is 0 Å². The third-order valence-corrected chi connectivity index (χ3v) is 15.3. The number of guanidine groups is 1. The summed E-state index contributed by atoms with van der Waals surface area (Å²) in [5, 5.41) is 69.4. The maximum absolute atomic E-state index is 15.1. The number of carbonyl (C=O) groups is 3. The number of carboxylic acids is 1. The molecular formula is C44H59N3O9. The average Bonchev–Trinajstić information content (AvgIpc) is 3.30. The number of rotatable bonds is 11. The predicted molar refractivity (Wildman–Crippen MR) is 212 cm³/mol. The van der Waals surface area contributed by atoms with Gasteiger partial charge in [0.2, 0.25) is 0 Å². The number of Topliss-reactive ketones (excluding diaryl/α,β-unsaturated/α-hetero) is 2. The van der Waals surface area contributed by atoms with Crippen molar-refractivity contribution in [1.82, 2.24) is 0 Å². The Kier molecular flexibility index (Phi) is 10.2. The summed E-state index contributed by atoms with van der Waals surface area (Å²) in [5.74, 6) is -6.11. The first kappa shape index (κ1) is 41.5. The first-order chi connectivity index (χ1) is 25.9. The van der Waals surface area contributed by atoms with Gasteiger partial charge >= 0.3 is 5.97 Å². The average molecular weight is 774 g/mol. The molecule has 0 saturated heterocycles. The summed E-state index contributed by atoms with van der Waals surface area (Å²) < 4.78 is 0. The van der Waals surface area contributed by atoms with Crippen LogP contribution in [-0.4, -0.2) is 84.1 Å². The van der Waals surface area contributed by atoms with Gasteiger partial charge in [-0.15, -0.1) is 0 Å². The monoisotopic (exact) mass is 773 g/mol. The zero-order chi connectivity index (χ0) is 41.6. The minimum Gasteiger partial charge on any atom is -0.509 e. The Morgan fingerprint density at radius 1 is 1.00 bits per heavy atom. The number of aliphatic carboxylic acids is 1. The van der Waals surface area contributed by atoms with Crippen molar-refractivity contribution in [2.75, 3.05) is 6.54 Å². The van der Waals surface area contributed by atoms with Gasteiger partial charge in [0.15, 0.2) is 11.7 Å². The van der Waals surface area contributed by atoms with Gasteiger partial charge in [0.25, 0.3) is 0 Å². The highest BCUT2D eigenvalue weighted by Gasteiger charge is 2.78. The molecule has 304 valence electrons. The number of hydrogen-bond acceptors (Lipinski definition) is 9. The number of fused-ring (bicyclic) bond motifs is 2. The number of nitrogens with two attached hydrogens (primary N) is 2. The lowest BCUT2D eigenvalue weighted by Crippen LogP contribution is -2.69. The predicted octanol–water partition coefficient (Wildman–Crippen LogP) is 4.23. The van der Waals surface area contributed by atoms with Crippen molar-refractivity contribution in [2.24, 2.45) is 67.7 Å². The van der Waals surface area contributed by atoms with Crippen molar-refractivity contribution in [3.63, 3.8) is 0 Å². The van der Waals surface area contributed by atoms with Gasteiger partial charge in [-0.25, -0.2) is 4.79 Å². The van der Waals surface area contributed by atoms with E-state index in [1.807, 2.05) is 84.0 Å². The first-order valence-corrected chi connectivity index (χ1v) is 19.7. The van der Waals surface area contributed by atoms with Crippen molar-refractivity contribution < 1.29 is 45.0 Å². The van der Waals surface area contributed by atoms with Crippen molar-refractivity contribution in [2.45, 2.75) is 104 Å². The SMILES string of the molecule is C[C@H]([C@@H](CN=C(N)N)[C@H](O)/C(O)=C(\C[C@H](C)O)C(=O)O)[C@H]1C[C@@]2(O)C=C[C@]3(O)C4=C(C(=O)C[C@@]1(C)[C@]42C)[C@@]1(C)CCC(=O)C(C)(C)[C@H]1[C@@H]3/C=C/c1ccccc1. The summed E-state index contributed by atoms with van der Waals surface area (Å²) in [6, 6.07) is 9.66. The van der Waals surface area contributed by atoms with Crippen LogP contribution in [0, 0.1) is 51.2 Å². The largest absolute Gasteiger partial charge is 0.509 e. The molecule has 0 radical (unpaired) electrons. The maximum atomic E-state index is 15.1. The van der Waals surface area contributed by atoms with Gasteiger partial charge in [0.05, 0.1) is 17.3 Å². The molecule has 5 aliphatic carbocycles. The van der Waals surface area contributed by atoms with Crippen LogP contribution in [0.15, 0.2) is 76.0 Å². The minimum atomic E-state index is -1.79. The van der Waals surface area contributed by atoms with Crippen molar-refractivity contribution >= 4 is 29.6 Å². The van der Waals surface area contributed by atoms with Gasteiger partial charge in [-0.05, 0) is 60.1 Å². The third kappa shape index (κ3) is 5.84. The molecule has 1 aromatic carbocycles. The van der Waals surface area contributed by atoms with Crippen LogP contribution in [0.4, 0.5) is 0 Å². The zero-order valence-corrected chi connectivity index (χ0v) is 33.5. The minimum absolute atomic E-state index is 0.0138. The molecule has 5 aliphatic rings. The molecule has 1 aromatic rings. The molecule has 0 aromatic heterocycles. The number of aliphatic imine (C=N–C) groups is 1. The molecule has 0 unspecified atom stereocenters. The Hall–Kier alpha value is -4.10. The maximum Gasteiger partial charge on any atom is 0.335 e. The normalized spacial score (nSPS) is 38.3. The molecule has 12 atom stereocenters. The number of hydrogen-bond donors (Lipinski definition) is 8. The van der Waals surface area contributed by atoms with Crippen LogP contribution in [0.3, 0.4) is 0 Å². The third-order valence-electron chi connectivity index (χ3n) is 15.3. The van der Waals surface area contributed by atoms with E-state index in [4.69, 9.17) is 11.5 Å². The van der Waals surface area contributed by atoms with E-state index >= 15 is 4.79 Å². The van der Waals surface area contributed by atoms with Gasteiger partial charge in [0, 0.05) is 59.5 Å². The number of benzene rings is 1. The summed E-state index contributed by atoms with van der Waals surface area (Å²) in [4.78, 5) is 45.3. The second-order valence-electron chi connectivity index (χ2n) is 18.6. The molecule has 0 heterocycles. The van der Waals surface area contributed by atoms with Crippen molar-refractivity contribution in [3.05, 3.63) is 76.6 Å². The molecule has 2 saturated carbocycles. The standard InChI is InChI=1S/C44H59N3O9/c1-23(48)19-26(37(53)54)33(51)34(52)27(22-47-38(45)46)24(2)29-20-43(55)17-18-44(56)28(14-13-25-11-9-8-10-12-25)35-39(3,4)31(50)15-16-40(35,5)32-30(49)21-41(29,6)42(43,7)36(32)44/h8-14,17-18,23-24,27-29,34-35,48,51-52,55-56H,15-16,19-22H2,1-7H3,(H,53,54)(H4,45,46,47)/b14-13+,33-26-/t23-,24+,27+,28-,29+,34-,35+,40+,41+,42-,43-,44+/m0/s1. The molecule has 0 spiro atoms. The van der Waals surface area contributed by atoms with Gasteiger partial charge in [0.1, 0.15) is 23.2 Å². The second-order valence-corrected chi connectivity index (χ2v) is 18.6. The van der Waals surface area contributed by atoms with E-state index in [9.17, 15) is 40.2 Å². The lowest BCUT2D eigenvalue weighted by molar-refractivity contribution is -0.162. The van der Waals surface area contributed by atoms with E-state index in [1.165, 1.54) is 6.92 Å². The van der Waals surface area contributed by atoms with Crippen LogP contribution in [-0.2, 0) is 14.4 Å². The summed E-state index contributed by atoms with van der Waals surface area (Å²) in [7, 11) is 0. The van der Waals surface area contributed by atoms with E-state index < -0.39 is 98.4 Å². The molecule has 0 amide bonds. The highest BCUT2D eigenvalue weighted by atomic mass is 16.4. The Morgan fingerprint density at radius 3 is 2.23 bits per heavy atom. The topological polar surface area (TPSA) is 237 Å². The van der Waals surface area contributed by atoms with Crippen molar-refractivity contribution in [1.29, 1.82) is 0 Å². The van der Waals surface area contributed by atoms with Crippen LogP contribution in [0.5, 0.6) is 0 Å². The van der Waals surface area contributed by atoms with Gasteiger partial charge in [-0.3, -0.25) is 14.6 Å². The molecule has 6 rings (SSSR count). The van der Waals surface area contributed by atoms with Crippen molar-refractivity contribution in [3.8, 4) is 0 Å². The number of ketones is 2. The lowest BCUT2D eigenvalue weighted by Gasteiger charge is -2.68. The van der Waals surface area contributed by atoms with E-state index in [-0.39, 0.29) is 43.3 Å². The fourth-order valence-corrected chi connectivity index (χ4v) is 12.4. The van der Waals surface area contributed by atoms with Crippen LogP contribution < -0.4 is 11.5 Å². The van der Waals surface area contributed by atoms with Crippen LogP contribution in [0.25, 0.3) is 6.08 Å². The highest BCUT2D eigenvalue weighted by Crippen LogP contribution is 2.78. The zero-order valence-electron chi connectivity index (χ0n) is 33.5. The number of carboxylic acid groups (broad SMARTS) is 1. The van der Waals surface area contributed by atoms with Gasteiger partial charge in [-0.1, -0.05) is 90.1 Å². The second kappa shape index (κ2) is 13.8. The molecule has 0 aliphatic heterocycles. The van der Waals surface area contributed by atoms with E-state index in [2.05, 4.69) is 4.99 Å². The summed E-state index contributed by atoms with van der Waals surface area (Å²) in [6.45, 7) is 12.7. The number of nitrogens with zero attached hydrogens (tertiary/aromatic N) is 1. The Morgan fingerprint density at radius 2 is 1.64 bits per heavy atom. The molecule has 12 nitrogen and oxygen atoms in total. The van der Waals surface area contributed by atoms with E-state index in [1.54, 1.807) is 12.2 Å². The molecule has 2 fully saturated rings. The summed E-state index contributed by atoms with van der Waals surface area (Å²) >= 11 is 0. The number of aliphatic hydroxyl groups excluding tert-OH is 3. The molecular weight excluding hydrogens is 714 g/mol. The summed E-state index contributed by atoms with van der Waals surface area (Å²) in [6.07, 6.45) is 4.59. The van der Waals surface area contributed by atoms with Crippen LogP contribution in [0.1, 0.15) is 86.1 Å². The molecule has 12 heteroatoms. The molecule has 0 bridgehead atoms. The van der Waals surface area contributed by atoms with Crippen LogP contribution >= 0.6 is 0 Å². The molecule has 56 heavy (non-hydrogen) atoms. The lowest BCUT2D eigenvalue weighted by atomic mass is 9.36.